The van der Waals surface area contributed by atoms with Gasteiger partial charge in [0, 0.05) is 0 Å². The van der Waals surface area contributed by atoms with Gasteiger partial charge >= 0.3 is 0 Å². The van der Waals surface area contributed by atoms with E-state index in [-0.39, 0.29) is 26.4 Å². The summed E-state index contributed by atoms with van der Waals surface area (Å²) >= 11 is 0. The van der Waals surface area contributed by atoms with Crippen LogP contribution in [0.1, 0.15) is 72.2 Å². The highest BCUT2D eigenvalue weighted by atomic mass is 16.5. The van der Waals surface area contributed by atoms with E-state index in [1.807, 2.05) is 0 Å². The van der Waals surface area contributed by atoms with Gasteiger partial charge in [-0.3, -0.25) is 0 Å². The third-order valence-corrected chi connectivity index (χ3v) is 8.50. The molecule has 1 aliphatic rings. The number of aliphatic hydroxyl groups is 2. The Labute approximate surface area is 244 Å². The summed E-state index contributed by atoms with van der Waals surface area (Å²) < 4.78 is 12.3. The molecule has 0 aliphatic heterocycles. The number of aliphatic hydroxyl groups excluding tert-OH is 2. The second kappa shape index (κ2) is 12.5. The SMILES string of the molecule is CCc1cc(C2(c3cc(CC)c(OCCO)c(CC)c3)c3ccccc3-c3ccccc32)cc(CC)c1OCCO. The lowest BCUT2D eigenvalue weighted by molar-refractivity contribution is 0.199. The Kier molecular flexibility index (Phi) is 8.82. The first-order valence-corrected chi connectivity index (χ1v) is 15.1. The van der Waals surface area contributed by atoms with Crippen LogP contribution in [0.15, 0.2) is 72.8 Å². The Morgan fingerprint density at radius 1 is 0.537 bits per heavy atom. The Balaban J connectivity index is 1.90. The predicted octanol–water partition coefficient (Wildman–Crippen LogP) is 7.04. The number of fused-ring (bicyclic) bond motifs is 3. The summed E-state index contributed by atoms with van der Waals surface area (Å²) in [5.41, 5.74) is 11.6. The second-order valence-electron chi connectivity index (χ2n) is 10.6. The minimum absolute atomic E-state index is 0.0109. The van der Waals surface area contributed by atoms with Gasteiger partial charge in [-0.2, -0.15) is 0 Å². The van der Waals surface area contributed by atoms with E-state index in [0.717, 1.165) is 59.4 Å². The van der Waals surface area contributed by atoms with Crippen molar-refractivity contribution in [2.45, 2.75) is 58.8 Å². The minimum atomic E-state index is -0.528. The van der Waals surface area contributed by atoms with Crippen LogP contribution >= 0.6 is 0 Å². The van der Waals surface area contributed by atoms with Crippen LogP contribution in [0, 0.1) is 0 Å². The molecule has 214 valence electrons. The maximum absolute atomic E-state index is 9.52. The predicted molar refractivity (Wildman–Crippen MR) is 166 cm³/mol. The molecule has 0 aromatic heterocycles. The van der Waals surface area contributed by atoms with Gasteiger partial charge in [-0.15, -0.1) is 0 Å². The average molecular weight is 551 g/mol. The fraction of sp³-hybridized carbons (Fsp3) is 0.351. The first-order valence-electron chi connectivity index (χ1n) is 15.1. The number of ether oxygens (including phenoxy) is 2. The van der Waals surface area contributed by atoms with Gasteiger partial charge < -0.3 is 19.7 Å². The number of benzene rings is 4. The summed E-state index contributed by atoms with van der Waals surface area (Å²) in [7, 11) is 0. The molecule has 4 nitrogen and oxygen atoms in total. The molecule has 4 aromatic carbocycles. The van der Waals surface area contributed by atoms with Crippen LogP contribution in [0.5, 0.6) is 11.5 Å². The lowest BCUT2D eigenvalue weighted by Crippen LogP contribution is -2.30. The van der Waals surface area contributed by atoms with Gasteiger partial charge in [-0.1, -0.05) is 100 Å². The molecule has 4 heteroatoms. The normalized spacial score (nSPS) is 13.1. The van der Waals surface area contributed by atoms with E-state index in [0.29, 0.717) is 0 Å². The van der Waals surface area contributed by atoms with Crippen LogP contribution in [-0.2, 0) is 31.1 Å². The van der Waals surface area contributed by atoms with Gasteiger partial charge in [0.05, 0.1) is 18.6 Å². The summed E-state index contributed by atoms with van der Waals surface area (Å²) in [5.74, 6) is 1.80. The number of rotatable bonds is 12. The van der Waals surface area contributed by atoms with Crippen molar-refractivity contribution in [3.8, 4) is 22.6 Å². The van der Waals surface area contributed by atoms with E-state index in [2.05, 4.69) is 100 Å². The smallest absolute Gasteiger partial charge is 0.125 e. The van der Waals surface area contributed by atoms with Crippen LogP contribution in [0.25, 0.3) is 11.1 Å². The Hall–Kier alpha value is -3.60. The molecule has 0 fully saturated rings. The van der Waals surface area contributed by atoms with Crippen molar-refractivity contribution in [2.75, 3.05) is 26.4 Å². The minimum Gasteiger partial charge on any atom is -0.491 e. The zero-order chi connectivity index (χ0) is 29.0. The van der Waals surface area contributed by atoms with Gasteiger partial charge in [0.2, 0.25) is 0 Å². The molecule has 0 amide bonds. The summed E-state index contributed by atoms with van der Waals surface area (Å²) in [5, 5.41) is 19.0. The van der Waals surface area contributed by atoms with Crippen LogP contribution in [0.2, 0.25) is 0 Å². The third-order valence-electron chi connectivity index (χ3n) is 8.50. The lowest BCUT2D eigenvalue weighted by Gasteiger charge is -2.36. The molecule has 0 bridgehead atoms. The molecule has 5 rings (SSSR count). The third kappa shape index (κ3) is 4.83. The highest BCUT2D eigenvalue weighted by Crippen LogP contribution is 2.57. The maximum Gasteiger partial charge on any atom is 0.125 e. The molecule has 0 atom stereocenters. The van der Waals surface area contributed by atoms with Gasteiger partial charge in [-0.05, 0) is 81.3 Å². The molecule has 41 heavy (non-hydrogen) atoms. The summed E-state index contributed by atoms with van der Waals surface area (Å²) in [4.78, 5) is 0. The van der Waals surface area contributed by atoms with Gasteiger partial charge in [-0.25, -0.2) is 0 Å². The number of aryl methyl sites for hydroxylation is 4. The first-order chi connectivity index (χ1) is 20.1. The van der Waals surface area contributed by atoms with Crippen LogP contribution in [-0.4, -0.2) is 36.6 Å². The van der Waals surface area contributed by atoms with E-state index in [1.165, 1.54) is 33.4 Å². The molecule has 4 aromatic rings. The van der Waals surface area contributed by atoms with Crippen LogP contribution in [0.4, 0.5) is 0 Å². The van der Waals surface area contributed by atoms with E-state index in [1.54, 1.807) is 0 Å². The largest absolute Gasteiger partial charge is 0.491 e. The molecule has 0 saturated heterocycles. The Morgan fingerprint density at radius 2 is 0.878 bits per heavy atom. The van der Waals surface area contributed by atoms with Crippen LogP contribution < -0.4 is 9.47 Å². The molecule has 0 unspecified atom stereocenters. The second-order valence-corrected chi connectivity index (χ2v) is 10.6. The Bertz CT molecular complexity index is 1350. The molecule has 0 radical (unpaired) electrons. The zero-order valence-electron chi connectivity index (χ0n) is 24.8. The van der Waals surface area contributed by atoms with E-state index in [9.17, 15) is 10.2 Å². The van der Waals surface area contributed by atoms with Crippen molar-refractivity contribution < 1.29 is 19.7 Å². The molecule has 0 spiro atoms. The highest BCUT2D eigenvalue weighted by molar-refractivity contribution is 5.86. The first kappa shape index (κ1) is 28.9. The number of hydrogen-bond donors (Lipinski definition) is 2. The summed E-state index contributed by atoms with van der Waals surface area (Å²) in [6, 6.07) is 27.0. The van der Waals surface area contributed by atoms with Gasteiger partial charge in [0.15, 0.2) is 0 Å². The van der Waals surface area contributed by atoms with E-state index >= 15 is 0 Å². The van der Waals surface area contributed by atoms with Crippen molar-refractivity contribution in [3.63, 3.8) is 0 Å². The van der Waals surface area contributed by atoms with E-state index < -0.39 is 5.41 Å². The molecular weight excluding hydrogens is 508 g/mol. The summed E-state index contributed by atoms with van der Waals surface area (Å²) in [6.45, 7) is 9.23. The quantitative estimate of drug-likeness (QED) is 0.175. The van der Waals surface area contributed by atoms with Crippen molar-refractivity contribution >= 4 is 0 Å². The molecule has 0 saturated carbocycles. The monoisotopic (exact) mass is 550 g/mol. The standard InChI is InChI=1S/C37H42O4/c1-5-25-21-29(22-26(6-2)35(25)40-19-17-38)37(30-23-27(7-3)36(41-20-18-39)28(8-4)24-30)33-15-11-9-13-31(33)32-14-10-12-16-34(32)37/h9-16,21-24,38-39H,5-8,17-20H2,1-4H3. The van der Waals surface area contributed by atoms with Crippen LogP contribution in [0.3, 0.4) is 0 Å². The average Bonchev–Trinajstić information content (AvgIpc) is 3.33. The van der Waals surface area contributed by atoms with E-state index in [4.69, 9.17) is 9.47 Å². The van der Waals surface area contributed by atoms with Gasteiger partial charge in [0.25, 0.3) is 0 Å². The molecular formula is C37H42O4. The molecule has 2 N–H and O–H groups in total. The maximum atomic E-state index is 9.52. The highest BCUT2D eigenvalue weighted by Gasteiger charge is 2.47. The fourth-order valence-electron chi connectivity index (χ4n) is 6.68. The van der Waals surface area contributed by atoms with Crippen molar-refractivity contribution in [2.24, 2.45) is 0 Å². The Morgan fingerprint density at radius 3 is 1.20 bits per heavy atom. The lowest BCUT2D eigenvalue weighted by atomic mass is 9.66. The number of hydrogen-bond acceptors (Lipinski definition) is 4. The molecule has 0 heterocycles. The van der Waals surface area contributed by atoms with Crippen molar-refractivity contribution in [1.82, 2.24) is 0 Å². The van der Waals surface area contributed by atoms with Gasteiger partial charge in [0.1, 0.15) is 24.7 Å². The van der Waals surface area contributed by atoms with Crippen molar-refractivity contribution in [1.29, 1.82) is 0 Å². The molecule has 1 aliphatic carbocycles. The topological polar surface area (TPSA) is 58.9 Å². The van der Waals surface area contributed by atoms with Crippen molar-refractivity contribution in [3.05, 3.63) is 117 Å². The zero-order valence-corrected chi connectivity index (χ0v) is 24.8. The fourth-order valence-corrected chi connectivity index (χ4v) is 6.68. The summed E-state index contributed by atoms with van der Waals surface area (Å²) in [6.07, 6.45) is 3.31.